The summed E-state index contributed by atoms with van der Waals surface area (Å²) >= 11 is 3.38. The van der Waals surface area contributed by atoms with Crippen LogP contribution in [0.5, 0.6) is 5.75 Å². The molecule has 0 bridgehead atoms. The van der Waals surface area contributed by atoms with Gasteiger partial charge in [0.1, 0.15) is 5.75 Å². The van der Waals surface area contributed by atoms with E-state index in [2.05, 4.69) is 20.7 Å². The molecule has 0 spiro atoms. The molecule has 1 aliphatic carbocycles. The molecule has 0 aliphatic heterocycles. The zero-order chi connectivity index (χ0) is 13.1. The maximum absolute atomic E-state index is 11.3. The van der Waals surface area contributed by atoms with Crippen molar-refractivity contribution in [1.82, 2.24) is 0 Å². The number of aliphatic hydroxyl groups excluding tert-OH is 1. The Morgan fingerprint density at radius 3 is 2.78 bits per heavy atom. The van der Waals surface area contributed by atoms with Gasteiger partial charge in [-0.15, -0.1) is 0 Å². The van der Waals surface area contributed by atoms with Crippen LogP contribution in [0.4, 0.5) is 0 Å². The molecule has 1 N–H and O–H groups in total. The van der Waals surface area contributed by atoms with Crippen LogP contribution in [0.2, 0.25) is 0 Å². The summed E-state index contributed by atoms with van der Waals surface area (Å²) in [5.74, 6) is 0.707. The van der Waals surface area contributed by atoms with Crippen LogP contribution in [-0.2, 0) is 4.74 Å². The second-order valence-corrected chi connectivity index (χ2v) is 5.25. The molecular weight excluding hydrogens is 300 g/mol. The van der Waals surface area contributed by atoms with Crippen molar-refractivity contribution in [1.29, 1.82) is 0 Å². The normalized spacial score (nSPS) is 22.2. The molecule has 1 saturated carbocycles. The van der Waals surface area contributed by atoms with Crippen LogP contribution in [0.3, 0.4) is 0 Å². The fourth-order valence-electron chi connectivity index (χ4n) is 1.94. The van der Waals surface area contributed by atoms with Gasteiger partial charge in [-0.05, 0) is 52.9 Å². The van der Waals surface area contributed by atoms with Gasteiger partial charge in [0.2, 0.25) is 0 Å². The minimum atomic E-state index is -0.369. The fraction of sp³-hybridized carbons (Fsp3) is 0.462. The average Bonchev–Trinajstić information content (AvgIpc) is 2.33. The summed E-state index contributed by atoms with van der Waals surface area (Å²) in [7, 11) is 1.35. The number of aliphatic hydroxyl groups is 1. The molecule has 5 heteroatoms. The first-order valence-corrected chi connectivity index (χ1v) is 6.58. The molecule has 4 nitrogen and oxygen atoms in total. The standard InChI is InChI=1S/C13H15BrO4/c1-17-13(16)9-2-3-12(11(14)6-9)18-10-4-8(5-10)7-15/h2-3,6,8,10,15H,4-5,7H2,1H3. The molecule has 1 fully saturated rings. The topological polar surface area (TPSA) is 55.8 Å². The number of rotatable bonds is 4. The van der Waals surface area contributed by atoms with E-state index in [9.17, 15) is 4.79 Å². The highest BCUT2D eigenvalue weighted by Crippen LogP contribution is 2.34. The van der Waals surface area contributed by atoms with Gasteiger partial charge >= 0.3 is 5.97 Å². The number of carbonyl (C=O) groups excluding carboxylic acids is 1. The maximum Gasteiger partial charge on any atom is 0.337 e. The molecule has 18 heavy (non-hydrogen) atoms. The Bertz CT molecular complexity index is 441. The quantitative estimate of drug-likeness (QED) is 0.867. The number of halogens is 1. The van der Waals surface area contributed by atoms with E-state index in [1.54, 1.807) is 18.2 Å². The largest absolute Gasteiger partial charge is 0.489 e. The van der Waals surface area contributed by atoms with Crippen LogP contribution >= 0.6 is 15.9 Å². The number of esters is 1. The van der Waals surface area contributed by atoms with Gasteiger partial charge in [0.15, 0.2) is 0 Å². The molecule has 1 aromatic carbocycles. The van der Waals surface area contributed by atoms with Gasteiger partial charge in [-0.3, -0.25) is 0 Å². The molecule has 0 radical (unpaired) electrons. The molecule has 0 amide bonds. The van der Waals surface area contributed by atoms with Crippen molar-refractivity contribution in [3.05, 3.63) is 28.2 Å². The number of hydrogen-bond acceptors (Lipinski definition) is 4. The molecule has 0 saturated heterocycles. The zero-order valence-corrected chi connectivity index (χ0v) is 11.6. The highest BCUT2D eigenvalue weighted by atomic mass is 79.9. The van der Waals surface area contributed by atoms with Crippen molar-refractivity contribution in [3.63, 3.8) is 0 Å². The first-order chi connectivity index (χ1) is 8.63. The lowest BCUT2D eigenvalue weighted by atomic mass is 9.83. The Balaban J connectivity index is 2.00. The van der Waals surface area contributed by atoms with Crippen molar-refractivity contribution in [3.8, 4) is 5.75 Å². The maximum atomic E-state index is 11.3. The molecule has 0 unspecified atom stereocenters. The van der Waals surface area contributed by atoms with Crippen LogP contribution < -0.4 is 4.74 Å². The van der Waals surface area contributed by atoms with E-state index >= 15 is 0 Å². The smallest absolute Gasteiger partial charge is 0.337 e. The Morgan fingerprint density at radius 2 is 2.22 bits per heavy atom. The van der Waals surface area contributed by atoms with Crippen LogP contribution in [-0.4, -0.2) is 30.9 Å². The number of benzene rings is 1. The SMILES string of the molecule is COC(=O)c1ccc(OC2CC(CO)C2)c(Br)c1. The number of hydrogen-bond donors (Lipinski definition) is 1. The predicted molar refractivity (Wildman–Crippen MR) is 69.7 cm³/mol. The van der Waals surface area contributed by atoms with E-state index in [4.69, 9.17) is 9.84 Å². The monoisotopic (exact) mass is 314 g/mol. The summed E-state index contributed by atoms with van der Waals surface area (Å²) in [5.41, 5.74) is 0.485. The van der Waals surface area contributed by atoms with Gasteiger partial charge in [0, 0.05) is 6.61 Å². The lowest BCUT2D eigenvalue weighted by molar-refractivity contribution is 0.0320. The van der Waals surface area contributed by atoms with Crippen LogP contribution in [0, 0.1) is 5.92 Å². The molecular formula is C13H15BrO4. The van der Waals surface area contributed by atoms with Crippen molar-refractivity contribution in [2.45, 2.75) is 18.9 Å². The summed E-state index contributed by atoms with van der Waals surface area (Å²) < 4.78 is 11.2. The fourth-order valence-corrected chi connectivity index (χ4v) is 2.41. The number of ether oxygens (including phenoxy) is 2. The molecule has 98 valence electrons. The van der Waals surface area contributed by atoms with Crippen LogP contribution in [0.25, 0.3) is 0 Å². The highest BCUT2D eigenvalue weighted by Gasteiger charge is 2.30. The molecule has 0 atom stereocenters. The third-order valence-electron chi connectivity index (χ3n) is 3.10. The predicted octanol–water partition coefficient (Wildman–Crippen LogP) is 2.39. The van der Waals surface area contributed by atoms with Gasteiger partial charge in [-0.25, -0.2) is 4.79 Å². The van der Waals surface area contributed by atoms with Crippen molar-refractivity contribution in [2.24, 2.45) is 5.92 Å². The van der Waals surface area contributed by atoms with Gasteiger partial charge < -0.3 is 14.6 Å². The molecule has 1 aliphatic rings. The van der Waals surface area contributed by atoms with Gasteiger partial charge in [0.05, 0.1) is 23.2 Å². The van der Waals surface area contributed by atoms with Gasteiger partial charge in [-0.2, -0.15) is 0 Å². The Morgan fingerprint density at radius 1 is 1.50 bits per heavy atom. The van der Waals surface area contributed by atoms with Crippen LogP contribution in [0.15, 0.2) is 22.7 Å². The first kappa shape index (κ1) is 13.4. The Kier molecular flexibility index (Phi) is 4.24. The summed E-state index contributed by atoms with van der Waals surface area (Å²) in [5, 5.41) is 8.93. The Hall–Kier alpha value is -1.07. The Labute approximate surface area is 114 Å². The molecule has 1 aromatic rings. The van der Waals surface area contributed by atoms with E-state index < -0.39 is 0 Å². The first-order valence-electron chi connectivity index (χ1n) is 5.79. The zero-order valence-electron chi connectivity index (χ0n) is 10.1. The number of methoxy groups -OCH3 is 1. The second-order valence-electron chi connectivity index (χ2n) is 4.40. The van der Waals surface area contributed by atoms with Crippen molar-refractivity contribution < 1.29 is 19.4 Å². The van der Waals surface area contributed by atoms with E-state index in [1.807, 2.05) is 0 Å². The minimum Gasteiger partial charge on any atom is -0.489 e. The summed E-state index contributed by atoms with van der Waals surface area (Å²) in [4.78, 5) is 11.3. The summed E-state index contributed by atoms with van der Waals surface area (Å²) in [6, 6.07) is 5.11. The van der Waals surface area contributed by atoms with E-state index in [1.165, 1.54) is 7.11 Å². The molecule has 2 rings (SSSR count). The lowest BCUT2D eigenvalue weighted by Crippen LogP contribution is -2.35. The molecule has 0 heterocycles. The van der Waals surface area contributed by atoms with Gasteiger partial charge in [-0.1, -0.05) is 0 Å². The second kappa shape index (κ2) is 5.71. The highest BCUT2D eigenvalue weighted by molar-refractivity contribution is 9.10. The van der Waals surface area contributed by atoms with Gasteiger partial charge in [0.25, 0.3) is 0 Å². The van der Waals surface area contributed by atoms with E-state index in [0.717, 1.165) is 17.3 Å². The van der Waals surface area contributed by atoms with E-state index in [0.29, 0.717) is 17.2 Å². The number of carbonyl (C=O) groups is 1. The third-order valence-corrected chi connectivity index (χ3v) is 3.72. The average molecular weight is 315 g/mol. The third kappa shape index (κ3) is 2.84. The minimum absolute atomic E-state index is 0.155. The molecule has 0 aromatic heterocycles. The summed E-state index contributed by atoms with van der Waals surface area (Å²) in [6.07, 6.45) is 1.91. The van der Waals surface area contributed by atoms with E-state index in [-0.39, 0.29) is 18.7 Å². The summed E-state index contributed by atoms with van der Waals surface area (Å²) in [6.45, 7) is 0.225. The van der Waals surface area contributed by atoms with Crippen LogP contribution in [0.1, 0.15) is 23.2 Å². The van der Waals surface area contributed by atoms with Crippen molar-refractivity contribution in [2.75, 3.05) is 13.7 Å². The van der Waals surface area contributed by atoms with Crippen molar-refractivity contribution >= 4 is 21.9 Å². The lowest BCUT2D eigenvalue weighted by Gasteiger charge is -2.34.